The third-order valence-electron chi connectivity index (χ3n) is 3.69. The molecule has 1 aromatic heterocycles. The minimum absolute atomic E-state index is 0.0101. The molecule has 124 valence electrons. The Morgan fingerprint density at radius 2 is 2.04 bits per heavy atom. The zero-order valence-electron chi connectivity index (χ0n) is 14.1. The topological polar surface area (TPSA) is 56.1 Å². The SMILES string of the molecule is CC(C)NC(=O)COc1ccc2ccccc2c1-c1cnn(C)c1. The van der Waals surface area contributed by atoms with Crippen molar-refractivity contribution in [2.75, 3.05) is 6.61 Å². The predicted octanol–water partition coefficient (Wildman–Crippen LogP) is 3.14. The van der Waals surface area contributed by atoms with Crippen molar-refractivity contribution in [3.05, 3.63) is 48.8 Å². The molecule has 3 rings (SSSR count). The highest BCUT2D eigenvalue weighted by molar-refractivity contribution is 5.99. The number of hydrogen-bond acceptors (Lipinski definition) is 3. The third-order valence-corrected chi connectivity index (χ3v) is 3.69. The highest BCUT2D eigenvalue weighted by Gasteiger charge is 2.14. The maximum absolute atomic E-state index is 11.9. The van der Waals surface area contributed by atoms with Gasteiger partial charge in [-0.05, 0) is 30.7 Å². The molecule has 1 heterocycles. The number of aryl methyl sites for hydroxylation is 1. The van der Waals surface area contributed by atoms with Crippen LogP contribution in [0.4, 0.5) is 0 Å². The van der Waals surface area contributed by atoms with Crippen LogP contribution in [0.2, 0.25) is 0 Å². The molecule has 0 aliphatic carbocycles. The molecule has 5 heteroatoms. The largest absolute Gasteiger partial charge is 0.483 e. The number of fused-ring (bicyclic) bond motifs is 1. The minimum Gasteiger partial charge on any atom is -0.483 e. The molecule has 0 saturated carbocycles. The van der Waals surface area contributed by atoms with Crippen LogP contribution in [-0.2, 0) is 11.8 Å². The maximum Gasteiger partial charge on any atom is 0.258 e. The minimum atomic E-state index is -0.129. The second-order valence-corrected chi connectivity index (χ2v) is 6.07. The summed E-state index contributed by atoms with van der Waals surface area (Å²) in [6.07, 6.45) is 3.76. The first-order valence-electron chi connectivity index (χ1n) is 7.97. The van der Waals surface area contributed by atoms with E-state index in [4.69, 9.17) is 4.74 Å². The van der Waals surface area contributed by atoms with Crippen molar-refractivity contribution in [2.24, 2.45) is 7.05 Å². The zero-order valence-corrected chi connectivity index (χ0v) is 14.1. The quantitative estimate of drug-likeness (QED) is 0.785. The number of carbonyl (C=O) groups excluding carboxylic acids is 1. The average Bonchev–Trinajstić information content (AvgIpc) is 2.97. The number of carbonyl (C=O) groups is 1. The van der Waals surface area contributed by atoms with E-state index in [1.807, 2.05) is 57.6 Å². The Morgan fingerprint density at radius 3 is 2.75 bits per heavy atom. The van der Waals surface area contributed by atoms with Crippen LogP contribution in [0.5, 0.6) is 5.75 Å². The first-order valence-corrected chi connectivity index (χ1v) is 7.97. The highest BCUT2D eigenvalue weighted by atomic mass is 16.5. The normalized spacial score (nSPS) is 11.0. The molecule has 5 nitrogen and oxygen atoms in total. The van der Waals surface area contributed by atoms with Crippen LogP contribution in [-0.4, -0.2) is 28.3 Å². The molecule has 0 unspecified atom stereocenters. The van der Waals surface area contributed by atoms with Gasteiger partial charge in [0.1, 0.15) is 5.75 Å². The standard InChI is InChI=1S/C19H21N3O2/c1-13(2)21-18(23)12-24-17-9-8-14-6-4-5-7-16(14)19(17)15-10-20-22(3)11-15/h4-11,13H,12H2,1-3H3,(H,21,23). The van der Waals surface area contributed by atoms with Gasteiger partial charge in [0.15, 0.2) is 6.61 Å². The fourth-order valence-corrected chi connectivity index (χ4v) is 2.73. The van der Waals surface area contributed by atoms with Gasteiger partial charge in [-0.15, -0.1) is 0 Å². The van der Waals surface area contributed by atoms with E-state index in [-0.39, 0.29) is 18.6 Å². The summed E-state index contributed by atoms with van der Waals surface area (Å²) in [6, 6.07) is 12.1. The molecular formula is C19H21N3O2. The van der Waals surface area contributed by atoms with Gasteiger partial charge in [-0.1, -0.05) is 30.3 Å². The summed E-state index contributed by atoms with van der Waals surface area (Å²) in [5.41, 5.74) is 1.92. The van der Waals surface area contributed by atoms with Crippen LogP contribution in [0.1, 0.15) is 13.8 Å². The zero-order chi connectivity index (χ0) is 17.1. The summed E-state index contributed by atoms with van der Waals surface area (Å²) in [5, 5.41) is 9.29. The van der Waals surface area contributed by atoms with Crippen LogP contribution in [0.25, 0.3) is 21.9 Å². The maximum atomic E-state index is 11.9. The number of hydrogen-bond donors (Lipinski definition) is 1. The Bertz CT molecular complexity index is 868. The van der Waals surface area contributed by atoms with E-state index >= 15 is 0 Å². The summed E-state index contributed by atoms with van der Waals surface area (Å²) in [5.74, 6) is 0.552. The van der Waals surface area contributed by atoms with Crippen molar-refractivity contribution in [2.45, 2.75) is 19.9 Å². The smallest absolute Gasteiger partial charge is 0.258 e. The van der Waals surface area contributed by atoms with Gasteiger partial charge in [0, 0.05) is 30.4 Å². The van der Waals surface area contributed by atoms with E-state index in [2.05, 4.69) is 22.5 Å². The number of benzene rings is 2. The summed E-state index contributed by atoms with van der Waals surface area (Å²) in [4.78, 5) is 11.9. The number of rotatable bonds is 5. The van der Waals surface area contributed by atoms with Crippen molar-refractivity contribution in [3.63, 3.8) is 0 Å². The lowest BCUT2D eigenvalue weighted by Gasteiger charge is -2.14. The van der Waals surface area contributed by atoms with Crippen molar-refractivity contribution in [3.8, 4) is 16.9 Å². The molecule has 0 bridgehead atoms. The van der Waals surface area contributed by atoms with E-state index in [1.54, 1.807) is 4.68 Å². The summed E-state index contributed by atoms with van der Waals surface area (Å²) < 4.78 is 7.58. The Balaban J connectivity index is 1.99. The number of nitrogens with zero attached hydrogens (tertiary/aromatic N) is 2. The summed E-state index contributed by atoms with van der Waals surface area (Å²) in [6.45, 7) is 3.84. The highest BCUT2D eigenvalue weighted by Crippen LogP contribution is 2.36. The van der Waals surface area contributed by atoms with Crippen LogP contribution in [0.15, 0.2) is 48.8 Å². The molecule has 1 amide bonds. The Labute approximate surface area is 141 Å². The second kappa shape index (κ2) is 6.74. The summed E-state index contributed by atoms with van der Waals surface area (Å²) >= 11 is 0. The Kier molecular flexibility index (Phi) is 4.51. The molecule has 0 spiro atoms. The van der Waals surface area contributed by atoms with Crippen LogP contribution < -0.4 is 10.1 Å². The van der Waals surface area contributed by atoms with E-state index < -0.39 is 0 Å². The first kappa shape index (κ1) is 16.1. The fraction of sp³-hybridized carbons (Fsp3) is 0.263. The molecule has 1 N–H and O–H groups in total. The van der Waals surface area contributed by atoms with Crippen molar-refractivity contribution < 1.29 is 9.53 Å². The van der Waals surface area contributed by atoms with Gasteiger partial charge in [0.2, 0.25) is 0 Å². The number of aromatic nitrogens is 2. The third kappa shape index (κ3) is 3.40. The van der Waals surface area contributed by atoms with Crippen LogP contribution in [0, 0.1) is 0 Å². The molecule has 2 aromatic carbocycles. The lowest BCUT2D eigenvalue weighted by atomic mass is 9.99. The lowest BCUT2D eigenvalue weighted by Crippen LogP contribution is -2.34. The predicted molar refractivity (Wildman–Crippen MR) is 94.9 cm³/mol. The van der Waals surface area contributed by atoms with E-state index in [9.17, 15) is 4.79 Å². The van der Waals surface area contributed by atoms with Gasteiger partial charge in [-0.3, -0.25) is 9.48 Å². The number of nitrogens with one attached hydrogen (secondary N) is 1. The van der Waals surface area contributed by atoms with Crippen molar-refractivity contribution in [1.82, 2.24) is 15.1 Å². The molecule has 0 atom stereocenters. The lowest BCUT2D eigenvalue weighted by molar-refractivity contribution is -0.123. The van der Waals surface area contributed by atoms with Crippen LogP contribution in [0.3, 0.4) is 0 Å². The molecule has 3 aromatic rings. The van der Waals surface area contributed by atoms with Gasteiger partial charge in [0.25, 0.3) is 5.91 Å². The average molecular weight is 323 g/mol. The van der Waals surface area contributed by atoms with Gasteiger partial charge in [-0.2, -0.15) is 5.10 Å². The molecule has 0 saturated heterocycles. The van der Waals surface area contributed by atoms with E-state index in [0.717, 1.165) is 21.9 Å². The van der Waals surface area contributed by atoms with E-state index in [1.165, 1.54) is 0 Å². The molecule has 0 fully saturated rings. The van der Waals surface area contributed by atoms with Crippen molar-refractivity contribution >= 4 is 16.7 Å². The van der Waals surface area contributed by atoms with E-state index in [0.29, 0.717) is 5.75 Å². The van der Waals surface area contributed by atoms with Gasteiger partial charge in [-0.25, -0.2) is 0 Å². The van der Waals surface area contributed by atoms with Gasteiger partial charge < -0.3 is 10.1 Å². The Hall–Kier alpha value is -2.82. The van der Waals surface area contributed by atoms with Gasteiger partial charge in [0.05, 0.1) is 6.20 Å². The Morgan fingerprint density at radius 1 is 1.25 bits per heavy atom. The molecule has 0 aliphatic rings. The van der Waals surface area contributed by atoms with Crippen molar-refractivity contribution in [1.29, 1.82) is 0 Å². The molecule has 0 aliphatic heterocycles. The van der Waals surface area contributed by atoms with Gasteiger partial charge >= 0.3 is 0 Å². The molecule has 24 heavy (non-hydrogen) atoms. The summed E-state index contributed by atoms with van der Waals surface area (Å²) in [7, 11) is 1.88. The number of ether oxygens (including phenoxy) is 1. The first-order chi connectivity index (χ1) is 11.5. The fourth-order valence-electron chi connectivity index (χ4n) is 2.73. The van der Waals surface area contributed by atoms with Crippen LogP contribution >= 0.6 is 0 Å². The second-order valence-electron chi connectivity index (χ2n) is 6.07. The monoisotopic (exact) mass is 323 g/mol. The molecular weight excluding hydrogens is 302 g/mol. The molecule has 0 radical (unpaired) electrons. The number of amides is 1.